The van der Waals surface area contributed by atoms with Crippen molar-refractivity contribution in [1.29, 1.82) is 0 Å². The topological polar surface area (TPSA) is 34.5 Å². The number of rotatable bonds is 1. The van der Waals surface area contributed by atoms with Gasteiger partial charge in [0.2, 0.25) is 0 Å². The van der Waals surface area contributed by atoms with Crippen LogP contribution in [0.25, 0.3) is 0 Å². The molecule has 80 valence electrons. The van der Waals surface area contributed by atoms with Gasteiger partial charge in [-0.15, -0.1) is 0 Å². The van der Waals surface area contributed by atoms with Crippen LogP contribution in [0.2, 0.25) is 0 Å². The quantitative estimate of drug-likeness (QED) is 0.658. The second-order valence-corrected chi connectivity index (χ2v) is 3.68. The highest BCUT2D eigenvalue weighted by Crippen LogP contribution is 2.14. The molecule has 0 fully saturated rings. The Morgan fingerprint density at radius 3 is 3.07 bits per heavy atom. The van der Waals surface area contributed by atoms with Crippen LogP contribution in [0.15, 0.2) is 30.7 Å². The number of nitrogens with zero attached hydrogens (tertiary/aromatic N) is 2. The molecule has 0 atom stereocenters. The Labute approximate surface area is 88.7 Å². The highest BCUT2D eigenvalue weighted by Gasteiger charge is 2.21. The molecule has 2 rings (SSSR count). The van der Waals surface area contributed by atoms with Crippen LogP contribution < -0.4 is 0 Å². The zero-order valence-electron chi connectivity index (χ0n) is 8.77. The van der Waals surface area contributed by atoms with Gasteiger partial charge in [0.25, 0.3) is 0 Å². The second kappa shape index (κ2) is 3.81. The number of hydrogen-bond donors (Lipinski definition) is 0. The molecule has 1 aromatic rings. The molecule has 15 heavy (non-hydrogen) atoms. The highest BCUT2D eigenvalue weighted by atomic mass is 16.6. The van der Waals surface area contributed by atoms with Crippen LogP contribution in [-0.4, -0.2) is 22.1 Å². The average Bonchev–Trinajstić information content (AvgIpc) is 2.62. The fourth-order valence-electron chi connectivity index (χ4n) is 1.68. The number of aromatic nitrogens is 1. The summed E-state index contributed by atoms with van der Waals surface area (Å²) in [5, 5.41) is 0. The van der Waals surface area contributed by atoms with Gasteiger partial charge < -0.3 is 14.2 Å². The molecule has 2 heterocycles. The number of ether oxygens (including phenoxy) is 1. The Kier molecular flexibility index (Phi) is 2.49. The third kappa shape index (κ3) is 2.03. The van der Waals surface area contributed by atoms with Gasteiger partial charge in [0.05, 0.1) is 12.3 Å². The van der Waals surface area contributed by atoms with Crippen molar-refractivity contribution in [3.8, 4) is 0 Å². The summed E-state index contributed by atoms with van der Waals surface area (Å²) in [6.45, 7) is 7.35. The minimum atomic E-state index is -0.310. The molecule has 0 bridgehead atoms. The maximum Gasteiger partial charge on any atom is 0.415 e. The van der Waals surface area contributed by atoms with E-state index in [1.165, 1.54) is 0 Å². The number of hydrogen-bond acceptors (Lipinski definition) is 2. The molecule has 0 radical (unpaired) electrons. The first kappa shape index (κ1) is 9.83. The number of allylic oxidation sites excluding steroid dienone is 1. The monoisotopic (exact) mass is 206 g/mol. The van der Waals surface area contributed by atoms with Crippen molar-refractivity contribution in [3.05, 3.63) is 36.4 Å². The maximum absolute atomic E-state index is 11.6. The predicted octanol–water partition coefficient (Wildman–Crippen LogP) is 1.97. The molecule has 0 saturated carbocycles. The molecule has 1 aliphatic heterocycles. The zero-order chi connectivity index (χ0) is 10.8. The van der Waals surface area contributed by atoms with Gasteiger partial charge in [-0.1, -0.05) is 6.58 Å². The molecule has 4 heteroatoms. The molecule has 0 aromatic carbocycles. The molecule has 0 spiro atoms. The first-order valence-electron chi connectivity index (χ1n) is 4.93. The second-order valence-electron chi connectivity index (χ2n) is 3.68. The van der Waals surface area contributed by atoms with E-state index in [4.69, 9.17) is 4.74 Å². The summed E-state index contributed by atoms with van der Waals surface area (Å²) in [4.78, 5) is 13.3. The molecule has 4 nitrogen and oxygen atoms in total. The molecule has 0 saturated heterocycles. The summed E-state index contributed by atoms with van der Waals surface area (Å²) >= 11 is 0. The third-order valence-corrected chi connectivity index (χ3v) is 2.41. The van der Waals surface area contributed by atoms with Gasteiger partial charge in [-0.2, -0.15) is 0 Å². The van der Waals surface area contributed by atoms with E-state index in [1.807, 2.05) is 18.3 Å². The normalized spacial score (nSPS) is 14.6. The largest absolute Gasteiger partial charge is 0.416 e. The van der Waals surface area contributed by atoms with Crippen molar-refractivity contribution in [1.82, 2.24) is 9.47 Å². The van der Waals surface area contributed by atoms with Crippen molar-refractivity contribution in [3.63, 3.8) is 0 Å². The standard InChI is InChI=1S/C11H14N2O2/c1-9(2)15-11(14)13-7-6-12-5-3-4-10(12)8-13/h3-5H,1,6-8H2,2H3. The SMILES string of the molecule is C=C(C)OC(=O)N1CCn2cccc2C1. The van der Waals surface area contributed by atoms with E-state index < -0.39 is 0 Å². The van der Waals surface area contributed by atoms with Crippen molar-refractivity contribution in [2.45, 2.75) is 20.0 Å². The molecular weight excluding hydrogens is 192 g/mol. The lowest BCUT2D eigenvalue weighted by molar-refractivity contribution is 0.117. The van der Waals surface area contributed by atoms with Crippen LogP contribution in [0.5, 0.6) is 0 Å². The van der Waals surface area contributed by atoms with Gasteiger partial charge in [-0.25, -0.2) is 4.79 Å². The molecular formula is C11H14N2O2. The lowest BCUT2D eigenvalue weighted by atomic mass is 10.3. The molecule has 0 N–H and O–H groups in total. The van der Waals surface area contributed by atoms with Crippen LogP contribution in [0.3, 0.4) is 0 Å². The minimum Gasteiger partial charge on any atom is -0.416 e. The van der Waals surface area contributed by atoms with Crippen LogP contribution in [-0.2, 0) is 17.8 Å². The fraction of sp³-hybridized carbons (Fsp3) is 0.364. The van der Waals surface area contributed by atoms with Gasteiger partial charge in [-0.3, -0.25) is 0 Å². The summed E-state index contributed by atoms with van der Waals surface area (Å²) in [6.07, 6.45) is 1.71. The van der Waals surface area contributed by atoms with Crippen LogP contribution in [0, 0.1) is 0 Å². The predicted molar refractivity (Wildman–Crippen MR) is 56.1 cm³/mol. The molecule has 1 amide bonds. The van der Waals surface area contributed by atoms with Crippen molar-refractivity contribution in [2.75, 3.05) is 6.54 Å². The van der Waals surface area contributed by atoms with Crippen LogP contribution >= 0.6 is 0 Å². The van der Waals surface area contributed by atoms with Gasteiger partial charge >= 0.3 is 6.09 Å². The first-order valence-corrected chi connectivity index (χ1v) is 4.93. The lowest BCUT2D eigenvalue weighted by Crippen LogP contribution is -2.37. The number of carbonyl (C=O) groups is 1. The van der Waals surface area contributed by atoms with Crippen LogP contribution in [0.1, 0.15) is 12.6 Å². The molecule has 0 unspecified atom stereocenters. The van der Waals surface area contributed by atoms with Crippen molar-refractivity contribution >= 4 is 6.09 Å². The summed E-state index contributed by atoms with van der Waals surface area (Å²) in [6, 6.07) is 4.00. The first-order chi connectivity index (χ1) is 7.16. The van der Waals surface area contributed by atoms with E-state index in [-0.39, 0.29) is 6.09 Å². The lowest BCUT2D eigenvalue weighted by Gasteiger charge is -2.27. The number of amides is 1. The maximum atomic E-state index is 11.6. The third-order valence-electron chi connectivity index (χ3n) is 2.41. The number of carbonyl (C=O) groups excluding carboxylic acids is 1. The van der Waals surface area contributed by atoms with E-state index in [0.29, 0.717) is 18.8 Å². The number of fused-ring (bicyclic) bond motifs is 1. The van der Waals surface area contributed by atoms with Gasteiger partial charge in [0, 0.05) is 25.0 Å². The van der Waals surface area contributed by atoms with Gasteiger partial charge in [0.1, 0.15) is 0 Å². The van der Waals surface area contributed by atoms with E-state index >= 15 is 0 Å². The Bertz CT molecular complexity index is 395. The van der Waals surface area contributed by atoms with Gasteiger partial charge in [-0.05, 0) is 19.1 Å². The molecule has 0 aliphatic carbocycles. The Hall–Kier alpha value is -1.71. The Morgan fingerprint density at radius 1 is 1.53 bits per heavy atom. The van der Waals surface area contributed by atoms with Crippen molar-refractivity contribution < 1.29 is 9.53 Å². The van der Waals surface area contributed by atoms with E-state index in [9.17, 15) is 4.79 Å². The van der Waals surface area contributed by atoms with Crippen molar-refractivity contribution in [2.24, 2.45) is 0 Å². The van der Waals surface area contributed by atoms with E-state index in [0.717, 1.165) is 12.2 Å². The van der Waals surface area contributed by atoms with Crippen LogP contribution in [0.4, 0.5) is 4.79 Å². The summed E-state index contributed by atoms with van der Waals surface area (Å²) in [5.74, 6) is 0.431. The van der Waals surface area contributed by atoms with Gasteiger partial charge in [0.15, 0.2) is 0 Å². The summed E-state index contributed by atoms with van der Waals surface area (Å²) in [5.41, 5.74) is 1.14. The Balaban J connectivity index is 2.03. The zero-order valence-corrected chi connectivity index (χ0v) is 8.77. The Morgan fingerprint density at radius 2 is 2.33 bits per heavy atom. The molecule has 1 aromatic heterocycles. The molecule has 1 aliphatic rings. The average molecular weight is 206 g/mol. The fourth-order valence-corrected chi connectivity index (χ4v) is 1.68. The smallest absolute Gasteiger partial charge is 0.415 e. The summed E-state index contributed by atoms with van der Waals surface area (Å²) in [7, 11) is 0. The minimum absolute atomic E-state index is 0.310. The highest BCUT2D eigenvalue weighted by molar-refractivity contribution is 5.68. The summed E-state index contributed by atoms with van der Waals surface area (Å²) < 4.78 is 7.11. The van der Waals surface area contributed by atoms with E-state index in [2.05, 4.69) is 11.1 Å². The van der Waals surface area contributed by atoms with E-state index in [1.54, 1.807) is 11.8 Å².